The molecule has 0 radical (unpaired) electrons. The second kappa shape index (κ2) is 4.34. The van der Waals surface area contributed by atoms with Gasteiger partial charge < -0.3 is 14.9 Å². The van der Waals surface area contributed by atoms with E-state index >= 15 is 0 Å². The number of ether oxygens (including phenoxy) is 1. The van der Waals surface area contributed by atoms with Gasteiger partial charge in [0.2, 0.25) is 0 Å². The van der Waals surface area contributed by atoms with Gasteiger partial charge in [0.15, 0.2) is 11.5 Å². The molecule has 2 aromatic rings. The number of benzene rings is 1. The Labute approximate surface area is 123 Å². The van der Waals surface area contributed by atoms with E-state index in [4.69, 9.17) is 4.74 Å². The molecule has 0 unspecified atom stereocenters. The van der Waals surface area contributed by atoms with Crippen molar-refractivity contribution in [3.63, 3.8) is 0 Å². The van der Waals surface area contributed by atoms with Crippen molar-refractivity contribution in [1.29, 1.82) is 0 Å². The molecular weight excluding hydrogens is 266 g/mol. The van der Waals surface area contributed by atoms with Crippen LogP contribution in [-0.4, -0.2) is 28.4 Å². The molecule has 4 rings (SSSR count). The molecule has 0 bridgehead atoms. The van der Waals surface area contributed by atoms with E-state index in [2.05, 4.69) is 4.98 Å². The summed E-state index contributed by atoms with van der Waals surface area (Å²) < 4.78 is 5.35. The molecule has 110 valence electrons. The lowest BCUT2D eigenvalue weighted by molar-refractivity contribution is 0.0957. The Hall–Kier alpha value is -1.81. The largest absolute Gasteiger partial charge is 0.504 e. The van der Waals surface area contributed by atoms with Crippen LogP contribution in [-0.2, 0) is 11.8 Å². The van der Waals surface area contributed by atoms with Gasteiger partial charge in [0.25, 0.3) is 0 Å². The van der Waals surface area contributed by atoms with E-state index in [-0.39, 0.29) is 17.3 Å². The molecule has 21 heavy (non-hydrogen) atoms. The average molecular weight is 285 g/mol. The highest BCUT2D eigenvalue weighted by atomic mass is 16.5. The second-order valence-corrected chi connectivity index (χ2v) is 6.35. The van der Waals surface area contributed by atoms with Gasteiger partial charge in [0.05, 0.1) is 13.2 Å². The Morgan fingerprint density at radius 3 is 2.81 bits per heavy atom. The summed E-state index contributed by atoms with van der Waals surface area (Å²) in [6.45, 7) is 0. The molecule has 0 atom stereocenters. The standard InChI is InChI=1S/C17H19NO3/c1-21-13-8-10-4-7-18-12-9-17(5-2-11(19)3-6-17)15(14(10)12)16(13)20/h4,7-8,11,19-20H,2-3,5-6,9H2,1H3. The predicted octanol–water partition coefficient (Wildman–Crippen LogP) is 2.68. The lowest BCUT2D eigenvalue weighted by Gasteiger charge is -2.37. The third-order valence-electron chi connectivity index (χ3n) is 5.24. The maximum absolute atomic E-state index is 10.7. The van der Waals surface area contributed by atoms with Crippen LogP contribution in [0, 0.1) is 0 Å². The number of hydrogen-bond acceptors (Lipinski definition) is 4. The molecule has 1 spiro atoms. The number of hydrogen-bond donors (Lipinski definition) is 2. The summed E-state index contributed by atoms with van der Waals surface area (Å²) in [5.74, 6) is 0.787. The first-order valence-corrected chi connectivity index (χ1v) is 7.51. The summed E-state index contributed by atoms with van der Waals surface area (Å²) in [5.41, 5.74) is 1.97. The molecule has 1 heterocycles. The maximum atomic E-state index is 10.7. The van der Waals surface area contributed by atoms with Crippen LogP contribution in [0.5, 0.6) is 11.5 Å². The van der Waals surface area contributed by atoms with Crippen LogP contribution in [0.15, 0.2) is 18.3 Å². The molecule has 2 aliphatic carbocycles. The Morgan fingerprint density at radius 1 is 1.33 bits per heavy atom. The molecule has 2 N–H and O–H groups in total. The van der Waals surface area contributed by atoms with Gasteiger partial charge in [-0.1, -0.05) is 0 Å². The van der Waals surface area contributed by atoms with Gasteiger partial charge in [-0.3, -0.25) is 4.98 Å². The summed E-state index contributed by atoms with van der Waals surface area (Å²) in [7, 11) is 1.59. The van der Waals surface area contributed by atoms with Crippen LogP contribution in [0.1, 0.15) is 36.9 Å². The predicted molar refractivity (Wildman–Crippen MR) is 79.8 cm³/mol. The Morgan fingerprint density at radius 2 is 2.10 bits per heavy atom. The van der Waals surface area contributed by atoms with Gasteiger partial charge in [0, 0.05) is 34.7 Å². The number of aliphatic hydroxyl groups excluding tert-OH is 1. The van der Waals surface area contributed by atoms with Crippen LogP contribution in [0.2, 0.25) is 0 Å². The molecule has 0 amide bonds. The Balaban J connectivity index is 1.99. The first kappa shape index (κ1) is 12.9. The smallest absolute Gasteiger partial charge is 0.162 e. The van der Waals surface area contributed by atoms with Crippen molar-refractivity contribution in [2.24, 2.45) is 0 Å². The number of aliphatic hydroxyl groups is 1. The highest BCUT2D eigenvalue weighted by molar-refractivity contribution is 5.95. The molecule has 0 saturated heterocycles. The van der Waals surface area contributed by atoms with Gasteiger partial charge >= 0.3 is 0 Å². The number of aromatic nitrogens is 1. The van der Waals surface area contributed by atoms with E-state index in [0.29, 0.717) is 5.75 Å². The molecule has 1 aromatic carbocycles. The van der Waals surface area contributed by atoms with Gasteiger partial charge in [-0.25, -0.2) is 0 Å². The van der Waals surface area contributed by atoms with Gasteiger partial charge in [-0.2, -0.15) is 0 Å². The first-order chi connectivity index (χ1) is 10.1. The number of pyridine rings is 1. The second-order valence-electron chi connectivity index (χ2n) is 6.35. The lowest BCUT2D eigenvalue weighted by Crippen LogP contribution is -2.33. The van der Waals surface area contributed by atoms with E-state index in [9.17, 15) is 10.2 Å². The van der Waals surface area contributed by atoms with Crippen LogP contribution < -0.4 is 4.74 Å². The van der Waals surface area contributed by atoms with Gasteiger partial charge in [-0.15, -0.1) is 0 Å². The van der Waals surface area contributed by atoms with Crippen molar-refractivity contribution < 1.29 is 14.9 Å². The normalized spacial score (nSPS) is 27.4. The van der Waals surface area contributed by atoms with E-state index in [1.807, 2.05) is 18.3 Å². The highest BCUT2D eigenvalue weighted by Crippen LogP contribution is 2.55. The van der Waals surface area contributed by atoms with E-state index in [1.54, 1.807) is 7.11 Å². The van der Waals surface area contributed by atoms with Crippen molar-refractivity contribution in [2.45, 2.75) is 43.6 Å². The van der Waals surface area contributed by atoms with Crippen LogP contribution >= 0.6 is 0 Å². The van der Waals surface area contributed by atoms with Crippen molar-refractivity contribution in [3.05, 3.63) is 29.6 Å². The molecule has 4 nitrogen and oxygen atoms in total. The van der Waals surface area contributed by atoms with Crippen molar-refractivity contribution in [1.82, 2.24) is 4.98 Å². The molecule has 4 heteroatoms. The minimum absolute atomic E-state index is 0.0905. The number of aromatic hydroxyl groups is 1. The topological polar surface area (TPSA) is 62.6 Å². The van der Waals surface area contributed by atoms with Crippen molar-refractivity contribution in [2.75, 3.05) is 7.11 Å². The minimum atomic E-state index is -0.212. The number of phenolic OH excluding ortho intramolecular Hbond substituents is 1. The third kappa shape index (κ3) is 1.69. The van der Waals surface area contributed by atoms with E-state index in [1.165, 1.54) is 0 Å². The zero-order valence-corrected chi connectivity index (χ0v) is 12.1. The zero-order valence-electron chi connectivity index (χ0n) is 12.1. The molecule has 2 aliphatic rings. The maximum Gasteiger partial charge on any atom is 0.162 e. The van der Waals surface area contributed by atoms with Crippen molar-refractivity contribution in [3.8, 4) is 11.5 Å². The fourth-order valence-corrected chi connectivity index (χ4v) is 4.18. The third-order valence-corrected chi connectivity index (χ3v) is 5.24. The first-order valence-electron chi connectivity index (χ1n) is 7.51. The summed E-state index contributed by atoms with van der Waals surface area (Å²) in [6.07, 6.45) is 5.82. The fourth-order valence-electron chi connectivity index (χ4n) is 4.18. The monoisotopic (exact) mass is 285 g/mol. The molecule has 0 aliphatic heterocycles. The Bertz CT molecular complexity index is 718. The number of fused-ring (bicyclic) bond motifs is 1. The molecular formula is C17H19NO3. The van der Waals surface area contributed by atoms with Gasteiger partial charge in [-0.05, 0) is 43.2 Å². The van der Waals surface area contributed by atoms with Crippen molar-refractivity contribution >= 4 is 10.8 Å². The number of methoxy groups -OCH3 is 1. The number of nitrogens with zero attached hydrogens (tertiary/aromatic N) is 1. The fraction of sp³-hybridized carbons (Fsp3) is 0.471. The summed E-state index contributed by atoms with van der Waals surface area (Å²) in [5, 5.41) is 22.7. The van der Waals surface area contributed by atoms with E-state index < -0.39 is 0 Å². The van der Waals surface area contributed by atoms with E-state index in [0.717, 1.165) is 54.1 Å². The highest BCUT2D eigenvalue weighted by Gasteiger charge is 2.45. The van der Waals surface area contributed by atoms with Gasteiger partial charge in [0.1, 0.15) is 0 Å². The summed E-state index contributed by atoms with van der Waals surface area (Å²) in [6, 6.07) is 3.86. The summed E-state index contributed by atoms with van der Waals surface area (Å²) in [4.78, 5) is 4.53. The van der Waals surface area contributed by atoms with Crippen LogP contribution in [0.4, 0.5) is 0 Å². The zero-order chi connectivity index (χ0) is 14.6. The molecule has 1 fully saturated rings. The quantitative estimate of drug-likeness (QED) is 0.845. The molecule has 1 saturated carbocycles. The number of phenols is 1. The summed E-state index contributed by atoms with van der Waals surface area (Å²) >= 11 is 0. The lowest BCUT2D eigenvalue weighted by atomic mass is 9.68. The minimum Gasteiger partial charge on any atom is -0.504 e. The Kier molecular flexibility index (Phi) is 2.67. The number of rotatable bonds is 1. The van der Waals surface area contributed by atoms with Crippen LogP contribution in [0.3, 0.4) is 0 Å². The molecule has 1 aromatic heterocycles. The van der Waals surface area contributed by atoms with Crippen LogP contribution in [0.25, 0.3) is 10.8 Å². The average Bonchev–Trinajstić information content (AvgIpc) is 2.82. The SMILES string of the molecule is COc1cc2ccnc3c2c(c1O)C1(CCC(O)CC1)C3.